The molecule has 0 amide bonds. The Kier molecular flexibility index (Phi) is 3.57. The van der Waals surface area contributed by atoms with E-state index in [1.807, 2.05) is 24.3 Å². The Morgan fingerprint density at radius 1 is 0.905 bits per heavy atom. The molecule has 0 bridgehead atoms. The SMILES string of the molecule is COc1c(C)c(Cc2ccco2)c(OC)c2ccccc12. The topological polar surface area (TPSA) is 31.6 Å². The second-order valence-corrected chi connectivity index (χ2v) is 4.97. The average molecular weight is 282 g/mol. The summed E-state index contributed by atoms with van der Waals surface area (Å²) >= 11 is 0. The number of fused-ring (bicyclic) bond motifs is 1. The lowest BCUT2D eigenvalue weighted by Crippen LogP contribution is -2.01. The van der Waals surface area contributed by atoms with Crippen molar-refractivity contribution in [1.29, 1.82) is 0 Å². The number of benzene rings is 2. The molecule has 0 aliphatic carbocycles. The molecule has 0 aliphatic rings. The van der Waals surface area contributed by atoms with Crippen LogP contribution in [0.3, 0.4) is 0 Å². The van der Waals surface area contributed by atoms with Crippen LogP contribution in [-0.4, -0.2) is 14.2 Å². The molecule has 108 valence electrons. The maximum absolute atomic E-state index is 5.69. The van der Waals surface area contributed by atoms with Gasteiger partial charge in [-0.25, -0.2) is 0 Å². The zero-order chi connectivity index (χ0) is 14.8. The molecule has 1 aromatic heterocycles. The van der Waals surface area contributed by atoms with Crippen LogP contribution in [0.4, 0.5) is 0 Å². The first kappa shape index (κ1) is 13.6. The van der Waals surface area contributed by atoms with Crippen LogP contribution in [0.2, 0.25) is 0 Å². The van der Waals surface area contributed by atoms with Crippen molar-refractivity contribution >= 4 is 10.8 Å². The predicted molar refractivity (Wildman–Crippen MR) is 83.3 cm³/mol. The molecule has 2 aromatic carbocycles. The van der Waals surface area contributed by atoms with Gasteiger partial charge in [-0.15, -0.1) is 0 Å². The lowest BCUT2D eigenvalue weighted by Gasteiger charge is -2.18. The van der Waals surface area contributed by atoms with Crippen LogP contribution in [0.1, 0.15) is 16.9 Å². The molecule has 0 aliphatic heterocycles. The summed E-state index contributed by atoms with van der Waals surface area (Å²) in [6.07, 6.45) is 2.37. The van der Waals surface area contributed by atoms with Crippen molar-refractivity contribution in [2.75, 3.05) is 14.2 Å². The van der Waals surface area contributed by atoms with E-state index in [9.17, 15) is 0 Å². The van der Waals surface area contributed by atoms with Crippen LogP contribution in [0.15, 0.2) is 47.1 Å². The molecule has 0 unspecified atom stereocenters. The number of methoxy groups -OCH3 is 2. The van der Waals surface area contributed by atoms with Crippen LogP contribution < -0.4 is 9.47 Å². The highest BCUT2D eigenvalue weighted by atomic mass is 16.5. The van der Waals surface area contributed by atoms with Gasteiger partial charge in [-0.2, -0.15) is 0 Å². The summed E-state index contributed by atoms with van der Waals surface area (Å²) in [6.45, 7) is 2.06. The van der Waals surface area contributed by atoms with Crippen molar-refractivity contribution in [3.63, 3.8) is 0 Å². The van der Waals surface area contributed by atoms with Crippen LogP contribution in [0, 0.1) is 6.92 Å². The first-order chi connectivity index (χ1) is 10.3. The smallest absolute Gasteiger partial charge is 0.130 e. The van der Waals surface area contributed by atoms with Gasteiger partial charge in [0, 0.05) is 22.8 Å². The molecule has 3 rings (SSSR count). The second kappa shape index (κ2) is 5.52. The van der Waals surface area contributed by atoms with E-state index in [0.29, 0.717) is 6.42 Å². The zero-order valence-electron chi connectivity index (χ0n) is 12.5. The number of furan rings is 1. The lowest BCUT2D eigenvalue weighted by atomic mass is 9.96. The van der Waals surface area contributed by atoms with Gasteiger partial charge in [-0.3, -0.25) is 0 Å². The first-order valence-electron chi connectivity index (χ1n) is 6.90. The van der Waals surface area contributed by atoms with E-state index in [4.69, 9.17) is 13.9 Å². The fourth-order valence-corrected chi connectivity index (χ4v) is 2.85. The lowest BCUT2D eigenvalue weighted by molar-refractivity contribution is 0.402. The van der Waals surface area contributed by atoms with Gasteiger partial charge in [0.1, 0.15) is 17.3 Å². The average Bonchev–Trinajstić information content (AvgIpc) is 3.01. The highest BCUT2D eigenvalue weighted by Crippen LogP contribution is 2.41. The van der Waals surface area contributed by atoms with Gasteiger partial charge in [0.25, 0.3) is 0 Å². The summed E-state index contributed by atoms with van der Waals surface area (Å²) in [5.74, 6) is 2.70. The standard InChI is InChI=1S/C18H18O3/c1-12-16(11-13-7-6-10-21-13)18(20-3)15-9-5-4-8-14(15)17(12)19-2/h4-10H,11H2,1-3H3. The summed E-state index contributed by atoms with van der Waals surface area (Å²) in [4.78, 5) is 0. The molecule has 0 fully saturated rings. The minimum absolute atomic E-state index is 0.684. The van der Waals surface area contributed by atoms with Gasteiger partial charge in [0.05, 0.1) is 20.5 Å². The minimum atomic E-state index is 0.684. The monoisotopic (exact) mass is 282 g/mol. The number of hydrogen-bond acceptors (Lipinski definition) is 3. The van der Waals surface area contributed by atoms with Crippen molar-refractivity contribution < 1.29 is 13.9 Å². The molecule has 0 radical (unpaired) electrons. The van der Waals surface area contributed by atoms with Crippen LogP contribution in [-0.2, 0) is 6.42 Å². The quantitative estimate of drug-likeness (QED) is 0.713. The molecule has 3 nitrogen and oxygen atoms in total. The van der Waals surface area contributed by atoms with Crippen LogP contribution in [0.25, 0.3) is 10.8 Å². The van der Waals surface area contributed by atoms with Gasteiger partial charge in [-0.1, -0.05) is 24.3 Å². The molecule has 3 heteroatoms. The first-order valence-corrected chi connectivity index (χ1v) is 6.90. The second-order valence-electron chi connectivity index (χ2n) is 4.97. The Hall–Kier alpha value is -2.42. The molecule has 0 atom stereocenters. The van der Waals surface area contributed by atoms with Crippen molar-refractivity contribution in [3.8, 4) is 11.5 Å². The Morgan fingerprint density at radius 2 is 1.57 bits per heavy atom. The third-order valence-electron chi connectivity index (χ3n) is 3.82. The van der Waals surface area contributed by atoms with Gasteiger partial charge in [0.15, 0.2) is 0 Å². The van der Waals surface area contributed by atoms with Crippen LogP contribution in [0.5, 0.6) is 11.5 Å². The number of ether oxygens (including phenoxy) is 2. The van der Waals surface area contributed by atoms with Gasteiger partial charge in [-0.05, 0) is 24.6 Å². The molecule has 1 heterocycles. The Morgan fingerprint density at radius 3 is 2.14 bits per heavy atom. The van der Waals surface area contributed by atoms with E-state index in [1.165, 1.54) is 0 Å². The minimum Gasteiger partial charge on any atom is -0.496 e. The third-order valence-corrected chi connectivity index (χ3v) is 3.82. The molecule has 3 aromatic rings. The Bertz CT molecular complexity index is 758. The van der Waals surface area contributed by atoms with Crippen molar-refractivity contribution in [2.45, 2.75) is 13.3 Å². The predicted octanol–water partition coefficient (Wildman–Crippen LogP) is 4.35. The van der Waals surface area contributed by atoms with Crippen LogP contribution >= 0.6 is 0 Å². The van der Waals surface area contributed by atoms with E-state index >= 15 is 0 Å². The molecule has 0 spiro atoms. The van der Waals surface area contributed by atoms with Gasteiger partial charge < -0.3 is 13.9 Å². The summed E-state index contributed by atoms with van der Waals surface area (Å²) in [6, 6.07) is 12.0. The third kappa shape index (κ3) is 2.25. The summed E-state index contributed by atoms with van der Waals surface area (Å²) in [5, 5.41) is 2.13. The van der Waals surface area contributed by atoms with Gasteiger partial charge >= 0.3 is 0 Å². The molecule has 0 saturated carbocycles. The van der Waals surface area contributed by atoms with E-state index in [-0.39, 0.29) is 0 Å². The van der Waals surface area contributed by atoms with Crippen molar-refractivity contribution in [1.82, 2.24) is 0 Å². The molecular formula is C18H18O3. The van der Waals surface area contributed by atoms with E-state index in [0.717, 1.165) is 39.2 Å². The zero-order valence-corrected chi connectivity index (χ0v) is 12.5. The van der Waals surface area contributed by atoms with Crippen molar-refractivity contribution in [2.24, 2.45) is 0 Å². The maximum atomic E-state index is 5.69. The Balaban J connectivity index is 2.29. The van der Waals surface area contributed by atoms with E-state index in [1.54, 1.807) is 20.5 Å². The van der Waals surface area contributed by atoms with Crippen molar-refractivity contribution in [3.05, 3.63) is 59.5 Å². The fourth-order valence-electron chi connectivity index (χ4n) is 2.85. The number of rotatable bonds is 4. The van der Waals surface area contributed by atoms with Gasteiger partial charge in [0.2, 0.25) is 0 Å². The highest BCUT2D eigenvalue weighted by Gasteiger charge is 2.18. The number of hydrogen-bond donors (Lipinski definition) is 0. The molecule has 21 heavy (non-hydrogen) atoms. The maximum Gasteiger partial charge on any atom is 0.130 e. The van der Waals surface area contributed by atoms with E-state index < -0.39 is 0 Å². The largest absolute Gasteiger partial charge is 0.496 e. The Labute approximate surface area is 124 Å². The summed E-state index contributed by atoms with van der Waals surface area (Å²) in [7, 11) is 3.41. The van der Waals surface area contributed by atoms with E-state index in [2.05, 4.69) is 19.1 Å². The highest BCUT2D eigenvalue weighted by molar-refractivity contribution is 5.96. The normalized spacial score (nSPS) is 10.8. The summed E-state index contributed by atoms with van der Waals surface area (Å²) < 4.78 is 16.8. The molecular weight excluding hydrogens is 264 g/mol. The fraction of sp³-hybridized carbons (Fsp3) is 0.222. The molecule has 0 N–H and O–H groups in total. The molecule has 0 saturated heterocycles. The summed E-state index contributed by atoms with van der Waals surface area (Å²) in [5.41, 5.74) is 2.19.